The minimum atomic E-state index is -4.27. The summed E-state index contributed by atoms with van der Waals surface area (Å²) in [6, 6.07) is 5.53. The van der Waals surface area contributed by atoms with Gasteiger partial charge in [0.25, 0.3) is 0 Å². The molecule has 4 atom stereocenters. The molecule has 0 amide bonds. The minimum Gasteiger partial charge on any atom is -0.744 e. The lowest BCUT2D eigenvalue weighted by Gasteiger charge is -2.05. The zero-order chi connectivity index (χ0) is 15.5. The zero-order valence-electron chi connectivity index (χ0n) is 12.1. The van der Waals surface area contributed by atoms with Gasteiger partial charge in [-0.2, -0.15) is 0 Å². The summed E-state index contributed by atoms with van der Waals surface area (Å²) in [4.78, 5) is -0.178. The maximum atomic E-state index is 10.4. The number of benzene rings is 1. The van der Waals surface area contributed by atoms with E-state index >= 15 is 0 Å². The molecule has 2 unspecified atom stereocenters. The van der Waals surface area contributed by atoms with Crippen LogP contribution in [0.25, 0.3) is 0 Å². The molecule has 0 aliphatic heterocycles. The van der Waals surface area contributed by atoms with E-state index in [-0.39, 0.29) is 10.9 Å². The Morgan fingerprint density at radius 1 is 1.44 bits per heavy atom. The molecular weight excluding hydrogens is 254 g/mol. The molecule has 1 aromatic carbocycles. The van der Waals surface area contributed by atoms with Gasteiger partial charge in [-0.15, -0.1) is 0 Å². The molecule has 2 rings (SSSR count). The highest BCUT2D eigenvalue weighted by Gasteiger charge is 2.23. The summed E-state index contributed by atoms with van der Waals surface area (Å²) in [5, 5.41) is 9.04. The van der Waals surface area contributed by atoms with Crippen molar-refractivity contribution in [3.05, 3.63) is 29.8 Å². The number of aliphatic hydroxyl groups excluding tert-OH is 1. The van der Waals surface area contributed by atoms with E-state index in [4.69, 9.17) is 7.85 Å². The second kappa shape index (κ2) is 6.29. The largest absolute Gasteiger partial charge is 0.744 e. The molecule has 1 aliphatic carbocycles. The van der Waals surface area contributed by atoms with Gasteiger partial charge in [0.2, 0.25) is 0 Å². The van der Waals surface area contributed by atoms with E-state index in [1.807, 2.05) is 6.92 Å². The first-order valence-corrected chi connectivity index (χ1v) is 6.92. The second-order valence-corrected chi connectivity index (χ2v) is 5.54. The number of hydrogen-bond acceptors (Lipinski definition) is 4. The normalized spacial score (nSPS) is 33.1. The van der Waals surface area contributed by atoms with Crippen LogP contribution < -0.4 is 5.73 Å². The summed E-state index contributed by atoms with van der Waals surface area (Å²) in [6.45, 7) is 1.82. The number of aliphatic hydroxyl groups is 1. The minimum absolute atomic E-state index is 0.178. The molecule has 6 heteroatoms. The van der Waals surface area contributed by atoms with Crippen molar-refractivity contribution in [3.8, 4) is 0 Å². The van der Waals surface area contributed by atoms with Gasteiger partial charge in [0.15, 0.2) is 0 Å². The van der Waals surface area contributed by atoms with Crippen LogP contribution in [0.5, 0.6) is 0 Å². The molecule has 5 nitrogen and oxygen atoms in total. The molecule has 0 heterocycles. The van der Waals surface area contributed by atoms with Crippen molar-refractivity contribution in [3.63, 3.8) is 0 Å². The van der Waals surface area contributed by atoms with E-state index in [2.05, 4.69) is 5.73 Å². The summed E-state index contributed by atoms with van der Waals surface area (Å²) in [6.07, 6.45) is -1.01. The molecule has 0 aromatic heterocycles. The van der Waals surface area contributed by atoms with E-state index in [0.29, 0.717) is 6.42 Å². The molecule has 0 spiro atoms. The molecule has 1 saturated carbocycles. The lowest BCUT2D eigenvalue weighted by Crippen LogP contribution is -2.64. The Morgan fingerprint density at radius 2 is 2.00 bits per heavy atom. The van der Waals surface area contributed by atoms with Crippen molar-refractivity contribution in [2.75, 3.05) is 0 Å². The Bertz CT molecular complexity index is 523. The third-order valence-electron chi connectivity index (χ3n) is 2.56. The third kappa shape index (κ3) is 4.73. The highest BCUT2D eigenvalue weighted by Crippen LogP contribution is 2.14. The fourth-order valence-electron chi connectivity index (χ4n) is 1.40. The predicted molar refractivity (Wildman–Crippen MR) is 65.7 cm³/mol. The molecule has 4 N–H and O–H groups in total. The lowest BCUT2D eigenvalue weighted by molar-refractivity contribution is -0.432. The molecule has 1 fully saturated rings. The number of rotatable bonds is 1. The van der Waals surface area contributed by atoms with Crippen LogP contribution in [-0.2, 0) is 10.1 Å². The van der Waals surface area contributed by atoms with Gasteiger partial charge in [0.05, 0.1) is 4.90 Å². The molecule has 0 radical (unpaired) electrons. The first-order valence-electron chi connectivity index (χ1n) is 6.66. The topological polar surface area (TPSA) is 105 Å². The van der Waals surface area contributed by atoms with Crippen molar-refractivity contribution in [2.45, 2.75) is 43.2 Å². The van der Waals surface area contributed by atoms with Gasteiger partial charge >= 0.3 is 0 Å². The Hall–Kier alpha value is -0.950. The Labute approximate surface area is 110 Å². The van der Waals surface area contributed by atoms with Crippen molar-refractivity contribution in [1.29, 1.82) is 0 Å². The maximum absolute atomic E-state index is 10.4. The van der Waals surface area contributed by atoms with Crippen LogP contribution in [0.15, 0.2) is 29.2 Å². The second-order valence-electron chi connectivity index (χ2n) is 4.16. The van der Waals surface area contributed by atoms with Crippen molar-refractivity contribution >= 4 is 10.1 Å². The van der Waals surface area contributed by atoms with Crippen LogP contribution in [0.1, 0.15) is 27.5 Å². The number of hydrogen-bond donors (Lipinski definition) is 2. The summed E-state index contributed by atoms with van der Waals surface area (Å²) in [7, 11) is -4.27. The average Bonchev–Trinajstić information content (AvgIpc) is 2.56. The van der Waals surface area contributed by atoms with Gasteiger partial charge < -0.3 is 15.4 Å². The first-order chi connectivity index (χ1) is 9.12. The standard InChI is InChI=1S/C7H8O3S.C5H11NO/c1-6-2-4-7(5-3-6)11(8,9)10;6-4-2-1-3-5(4)7/h2-5H,1H3,(H,8,9,10);4-5,7H,1-3,6H2/t;4-,5-/m.0/s1/i;1D,2D/t;1?,2?,4-,5-. The predicted octanol–water partition coefficient (Wildman–Crippen LogP) is 0.0408. The van der Waals surface area contributed by atoms with Crippen LogP contribution in [-0.4, -0.2) is 30.2 Å². The first kappa shape index (κ1) is 12.1. The summed E-state index contributed by atoms with van der Waals surface area (Å²) in [5.74, 6) is 0. The highest BCUT2D eigenvalue weighted by molar-refractivity contribution is 7.85. The van der Waals surface area contributed by atoms with Crippen molar-refractivity contribution in [1.82, 2.24) is 0 Å². The van der Waals surface area contributed by atoms with Crippen LogP contribution in [0.3, 0.4) is 0 Å². The van der Waals surface area contributed by atoms with E-state index in [1.165, 1.54) is 12.1 Å². The van der Waals surface area contributed by atoms with E-state index in [0.717, 1.165) is 5.56 Å². The summed E-state index contributed by atoms with van der Waals surface area (Å²) in [5.41, 5.74) is 4.52. The van der Waals surface area contributed by atoms with Crippen LogP contribution in [0.2, 0.25) is 0 Å². The maximum Gasteiger partial charge on any atom is 0.124 e. The molecule has 0 saturated heterocycles. The zero-order valence-corrected chi connectivity index (χ0v) is 10.9. The van der Waals surface area contributed by atoms with E-state index < -0.39 is 29.0 Å². The molecular formula is C12H19NO4S. The molecule has 102 valence electrons. The van der Waals surface area contributed by atoms with Gasteiger partial charge in [-0.1, -0.05) is 17.7 Å². The van der Waals surface area contributed by atoms with Gasteiger partial charge in [-0.05, 0) is 31.9 Å². The average molecular weight is 275 g/mol. The van der Waals surface area contributed by atoms with Crippen LogP contribution in [0, 0.1) is 6.92 Å². The summed E-state index contributed by atoms with van der Waals surface area (Å²) >= 11 is 0. The summed E-state index contributed by atoms with van der Waals surface area (Å²) < 4.78 is 45.6. The van der Waals surface area contributed by atoms with Crippen molar-refractivity contribution in [2.24, 2.45) is 0 Å². The fraction of sp³-hybridized carbons (Fsp3) is 0.500. The van der Waals surface area contributed by atoms with Crippen LogP contribution >= 0.6 is 0 Å². The SMILES string of the molecule is Cc1ccc(S(=O)(=O)[O-])cc1.[2H]C1C[C@H](O)[C@@H]([NH3+])C1[2H]. The van der Waals surface area contributed by atoms with Crippen molar-refractivity contribution < 1.29 is 26.6 Å². The lowest BCUT2D eigenvalue weighted by atomic mass is 10.2. The van der Waals surface area contributed by atoms with Gasteiger partial charge in [-0.25, -0.2) is 8.42 Å². The quantitative estimate of drug-likeness (QED) is 0.706. The van der Waals surface area contributed by atoms with Gasteiger partial charge in [-0.3, -0.25) is 0 Å². The molecule has 0 bridgehead atoms. The third-order valence-corrected chi connectivity index (χ3v) is 3.41. The van der Waals surface area contributed by atoms with Gasteiger partial charge in [0.1, 0.15) is 22.3 Å². The molecule has 1 aromatic rings. The number of quaternary nitrogens is 1. The smallest absolute Gasteiger partial charge is 0.124 e. The highest BCUT2D eigenvalue weighted by atomic mass is 32.2. The fourth-order valence-corrected chi connectivity index (χ4v) is 1.87. The van der Waals surface area contributed by atoms with Crippen LogP contribution in [0.4, 0.5) is 0 Å². The monoisotopic (exact) mass is 275 g/mol. The van der Waals surface area contributed by atoms with E-state index in [1.54, 1.807) is 12.1 Å². The Morgan fingerprint density at radius 3 is 2.28 bits per heavy atom. The Kier molecular flexibility index (Phi) is 4.23. The number of aryl methyl sites for hydroxylation is 1. The molecule has 1 aliphatic rings. The molecule has 18 heavy (non-hydrogen) atoms. The van der Waals surface area contributed by atoms with Gasteiger partial charge in [0, 0.05) is 9.14 Å². The Balaban J connectivity index is 0.000000204. The van der Waals surface area contributed by atoms with E-state index in [9.17, 15) is 13.0 Å².